The Morgan fingerprint density at radius 3 is 2.61 bits per heavy atom. The van der Waals surface area contributed by atoms with Gasteiger partial charge in [0.25, 0.3) is 0 Å². The van der Waals surface area contributed by atoms with Crippen LogP contribution in [0.1, 0.15) is 5.56 Å². The van der Waals surface area contributed by atoms with Gasteiger partial charge in [-0.15, -0.1) is 0 Å². The average molecular weight is 252 g/mol. The summed E-state index contributed by atoms with van der Waals surface area (Å²) in [7, 11) is 4.51. The molecule has 0 aliphatic rings. The first-order valence-corrected chi connectivity index (χ1v) is 5.26. The van der Waals surface area contributed by atoms with Crippen molar-refractivity contribution >= 4 is 11.8 Å². The van der Waals surface area contributed by atoms with Gasteiger partial charge in [-0.2, -0.15) is 0 Å². The lowest BCUT2D eigenvalue weighted by molar-refractivity contribution is 0.164. The summed E-state index contributed by atoms with van der Waals surface area (Å²) in [4.78, 5) is 10.9. The summed E-state index contributed by atoms with van der Waals surface area (Å²) in [6, 6.07) is 5.07. The third kappa shape index (κ3) is 3.38. The summed E-state index contributed by atoms with van der Waals surface area (Å²) in [5.74, 6) is 1.13. The summed E-state index contributed by atoms with van der Waals surface area (Å²) < 4.78 is 15.0. The molecule has 98 valence electrons. The van der Waals surface area contributed by atoms with Crippen LogP contribution in [0.3, 0.4) is 0 Å². The van der Waals surface area contributed by atoms with Crippen LogP contribution in [0, 0.1) is 5.41 Å². The molecule has 1 aromatic carbocycles. The minimum atomic E-state index is -0.577. The number of amides is 1. The van der Waals surface area contributed by atoms with E-state index in [4.69, 9.17) is 19.6 Å². The highest BCUT2D eigenvalue weighted by Crippen LogP contribution is 2.24. The molecule has 0 atom stereocenters. The molecule has 1 aromatic rings. The lowest BCUT2D eigenvalue weighted by Crippen LogP contribution is -2.23. The molecule has 2 N–H and O–H groups in total. The van der Waals surface area contributed by atoms with Crippen molar-refractivity contribution in [3.8, 4) is 11.5 Å². The molecule has 0 spiro atoms. The zero-order chi connectivity index (χ0) is 13.5. The van der Waals surface area contributed by atoms with Crippen molar-refractivity contribution in [1.82, 2.24) is 5.32 Å². The molecule has 6 heteroatoms. The van der Waals surface area contributed by atoms with E-state index in [2.05, 4.69) is 5.32 Å². The third-order valence-corrected chi connectivity index (χ3v) is 2.29. The molecule has 0 saturated carbocycles. The van der Waals surface area contributed by atoms with E-state index in [9.17, 15) is 4.79 Å². The smallest absolute Gasteiger partial charge is 0.407 e. The number of hydrogen-bond donors (Lipinski definition) is 2. The lowest BCUT2D eigenvalue weighted by atomic mass is 10.1. The van der Waals surface area contributed by atoms with Crippen molar-refractivity contribution in [2.45, 2.75) is 0 Å². The highest BCUT2D eigenvalue weighted by atomic mass is 16.5. The van der Waals surface area contributed by atoms with Crippen molar-refractivity contribution in [3.63, 3.8) is 0 Å². The Balaban J connectivity index is 2.81. The number of carbonyl (C=O) groups is 1. The predicted octanol–water partition coefficient (Wildman–Crippen LogP) is 1.43. The minimum Gasteiger partial charge on any atom is -0.497 e. The number of alkyl carbamates (subject to hydrolysis) is 1. The summed E-state index contributed by atoms with van der Waals surface area (Å²) in [5.41, 5.74) is 0.709. The third-order valence-electron chi connectivity index (χ3n) is 2.29. The van der Waals surface area contributed by atoms with Gasteiger partial charge in [0.2, 0.25) is 0 Å². The topological polar surface area (TPSA) is 80.6 Å². The van der Waals surface area contributed by atoms with Crippen LogP contribution in [-0.2, 0) is 4.74 Å². The quantitative estimate of drug-likeness (QED) is 0.777. The van der Waals surface area contributed by atoms with Gasteiger partial charge in [0.1, 0.15) is 18.1 Å². The molecule has 1 amide bonds. The van der Waals surface area contributed by atoms with E-state index in [1.807, 2.05) is 0 Å². The number of carbonyl (C=O) groups excluding carboxylic acids is 1. The van der Waals surface area contributed by atoms with Crippen molar-refractivity contribution in [2.75, 3.05) is 27.9 Å². The minimum absolute atomic E-state index is 0.123. The maximum absolute atomic E-state index is 10.9. The van der Waals surface area contributed by atoms with Gasteiger partial charge in [0.15, 0.2) is 0 Å². The molecular weight excluding hydrogens is 236 g/mol. The second-order valence-electron chi connectivity index (χ2n) is 3.37. The first kappa shape index (κ1) is 13.8. The maximum atomic E-state index is 10.9. The molecule has 0 unspecified atom stereocenters. The normalized spacial score (nSPS) is 9.50. The van der Waals surface area contributed by atoms with Gasteiger partial charge in [-0.25, -0.2) is 4.79 Å². The molecule has 6 nitrogen and oxygen atoms in total. The fourth-order valence-corrected chi connectivity index (χ4v) is 1.34. The van der Waals surface area contributed by atoms with Crippen molar-refractivity contribution in [3.05, 3.63) is 23.8 Å². The van der Waals surface area contributed by atoms with E-state index in [-0.39, 0.29) is 12.3 Å². The van der Waals surface area contributed by atoms with E-state index >= 15 is 0 Å². The van der Waals surface area contributed by atoms with Crippen LogP contribution in [-0.4, -0.2) is 39.7 Å². The van der Waals surface area contributed by atoms with Gasteiger partial charge in [-0.1, -0.05) is 0 Å². The zero-order valence-corrected chi connectivity index (χ0v) is 10.6. The molecule has 0 fully saturated rings. The van der Waals surface area contributed by atoms with E-state index in [1.165, 1.54) is 14.2 Å². The average Bonchev–Trinajstić information content (AvgIpc) is 2.43. The van der Waals surface area contributed by atoms with Crippen LogP contribution in [0.5, 0.6) is 11.5 Å². The summed E-state index contributed by atoms with van der Waals surface area (Å²) in [6.07, 6.45) is -0.577. The fraction of sp³-hybridized carbons (Fsp3) is 0.333. The van der Waals surface area contributed by atoms with Crippen LogP contribution in [0.25, 0.3) is 0 Å². The lowest BCUT2D eigenvalue weighted by Gasteiger charge is -2.11. The number of hydrogen-bond acceptors (Lipinski definition) is 5. The fourth-order valence-electron chi connectivity index (χ4n) is 1.34. The number of rotatable bonds is 5. The van der Waals surface area contributed by atoms with Gasteiger partial charge in [0.05, 0.1) is 19.9 Å². The highest BCUT2D eigenvalue weighted by Gasteiger charge is 2.11. The first-order chi connectivity index (χ1) is 8.62. The molecule has 1 rings (SSSR count). The SMILES string of the molecule is CNC(=O)OCC(=N)c1ccc(OC)cc1OC. The first-order valence-electron chi connectivity index (χ1n) is 5.26. The number of benzene rings is 1. The molecule has 0 radical (unpaired) electrons. The molecule has 0 saturated heterocycles. The second kappa shape index (κ2) is 6.48. The van der Waals surface area contributed by atoms with Crippen LogP contribution < -0.4 is 14.8 Å². The molecular formula is C12H16N2O4. The monoisotopic (exact) mass is 252 g/mol. The van der Waals surface area contributed by atoms with Crippen LogP contribution in [0.2, 0.25) is 0 Å². The van der Waals surface area contributed by atoms with Crippen molar-refractivity contribution in [1.29, 1.82) is 5.41 Å². The molecule has 0 heterocycles. The molecule has 0 aliphatic heterocycles. The van der Waals surface area contributed by atoms with E-state index < -0.39 is 6.09 Å². The second-order valence-corrected chi connectivity index (χ2v) is 3.37. The standard InChI is InChI=1S/C12H16N2O4/c1-14-12(15)18-7-10(13)9-5-4-8(16-2)6-11(9)17-3/h4-6,13H,7H2,1-3H3,(H,14,15). The highest BCUT2D eigenvalue weighted by molar-refractivity contribution is 6.02. The molecule has 0 aromatic heterocycles. The molecule has 0 bridgehead atoms. The zero-order valence-electron chi connectivity index (χ0n) is 10.6. The van der Waals surface area contributed by atoms with Gasteiger partial charge in [0, 0.05) is 18.7 Å². The summed E-state index contributed by atoms with van der Waals surface area (Å²) >= 11 is 0. The Labute approximate surface area is 105 Å². The van der Waals surface area contributed by atoms with E-state index in [0.717, 1.165) is 0 Å². The Hall–Kier alpha value is -2.24. The molecule has 0 aliphatic carbocycles. The van der Waals surface area contributed by atoms with E-state index in [1.54, 1.807) is 25.3 Å². The van der Waals surface area contributed by atoms with Crippen LogP contribution >= 0.6 is 0 Å². The Morgan fingerprint density at radius 2 is 2.06 bits per heavy atom. The van der Waals surface area contributed by atoms with Gasteiger partial charge in [-0.05, 0) is 12.1 Å². The van der Waals surface area contributed by atoms with Gasteiger partial charge >= 0.3 is 6.09 Å². The number of nitrogens with one attached hydrogen (secondary N) is 2. The van der Waals surface area contributed by atoms with Crippen LogP contribution in [0.15, 0.2) is 18.2 Å². The van der Waals surface area contributed by atoms with Crippen molar-refractivity contribution < 1.29 is 19.0 Å². The number of ether oxygens (including phenoxy) is 3. The van der Waals surface area contributed by atoms with Gasteiger partial charge < -0.3 is 24.9 Å². The predicted molar refractivity (Wildman–Crippen MR) is 66.8 cm³/mol. The van der Waals surface area contributed by atoms with E-state index in [0.29, 0.717) is 17.1 Å². The van der Waals surface area contributed by atoms with Crippen molar-refractivity contribution in [2.24, 2.45) is 0 Å². The Bertz CT molecular complexity index is 446. The molecule has 18 heavy (non-hydrogen) atoms. The largest absolute Gasteiger partial charge is 0.497 e. The Morgan fingerprint density at radius 1 is 1.33 bits per heavy atom. The Kier molecular flexibility index (Phi) is 4.98. The summed E-state index contributed by atoms with van der Waals surface area (Å²) in [6.45, 7) is -0.123. The number of methoxy groups -OCH3 is 2. The summed E-state index contributed by atoms with van der Waals surface area (Å²) in [5, 5.41) is 10.2. The van der Waals surface area contributed by atoms with Crippen LogP contribution in [0.4, 0.5) is 4.79 Å². The maximum Gasteiger partial charge on any atom is 0.407 e. The van der Waals surface area contributed by atoms with Gasteiger partial charge in [-0.3, -0.25) is 0 Å².